The molecule has 0 N–H and O–H groups in total. The van der Waals surface area contributed by atoms with Gasteiger partial charge < -0.3 is 4.74 Å². The third kappa shape index (κ3) is 5.05. The van der Waals surface area contributed by atoms with Crippen LogP contribution >= 0.6 is 15.9 Å². The minimum Gasteiger partial charge on any atom is -0.472 e. The second-order valence-corrected chi connectivity index (χ2v) is 10.1. The third-order valence-corrected chi connectivity index (χ3v) is 7.20. The molecule has 2 aromatic carbocycles. The highest BCUT2D eigenvalue weighted by Gasteiger charge is 2.18. The van der Waals surface area contributed by atoms with Crippen LogP contribution in [0.5, 0.6) is 5.88 Å². The number of hydrogen-bond acceptors (Lipinski definition) is 5. The van der Waals surface area contributed by atoms with Crippen molar-refractivity contribution in [3.8, 4) is 5.88 Å². The molecule has 0 saturated heterocycles. The van der Waals surface area contributed by atoms with Crippen molar-refractivity contribution < 1.29 is 21.9 Å². The van der Waals surface area contributed by atoms with Crippen LogP contribution in [0.25, 0.3) is 0 Å². The highest BCUT2D eigenvalue weighted by atomic mass is 79.9. The van der Waals surface area contributed by atoms with Crippen LogP contribution in [-0.4, -0.2) is 36.4 Å². The van der Waals surface area contributed by atoms with Gasteiger partial charge in [0.05, 0.1) is 11.4 Å². The number of aryl methyl sites for hydroxylation is 1. The molecule has 1 aromatic heterocycles. The van der Waals surface area contributed by atoms with Gasteiger partial charge in [0.1, 0.15) is 28.5 Å². The van der Waals surface area contributed by atoms with E-state index in [1.54, 1.807) is 19.1 Å². The molecule has 0 aliphatic carbocycles. The zero-order chi connectivity index (χ0) is 23.6. The summed E-state index contributed by atoms with van der Waals surface area (Å²) in [6.07, 6.45) is 0. The van der Waals surface area contributed by atoms with E-state index in [2.05, 4.69) is 20.9 Å². The lowest BCUT2D eigenvalue weighted by atomic mass is 10.2. The topological polar surface area (TPSA) is 81.5 Å². The molecule has 7 nitrogen and oxygen atoms in total. The molecule has 0 radical (unpaired) electrons. The number of ether oxygens (including phenoxy) is 1. The molecule has 1 heterocycles. The number of benzene rings is 2. The first-order chi connectivity index (χ1) is 15.0. The van der Waals surface area contributed by atoms with E-state index in [9.17, 15) is 22.0 Å². The summed E-state index contributed by atoms with van der Waals surface area (Å²) in [6, 6.07) is 9.31. The smallest absolute Gasteiger partial charge is 0.272 e. The molecule has 0 fully saturated rings. The average Bonchev–Trinajstić information content (AvgIpc) is 2.74. The van der Waals surface area contributed by atoms with Gasteiger partial charge in [0.15, 0.2) is 0 Å². The van der Waals surface area contributed by atoms with Crippen molar-refractivity contribution in [2.75, 3.05) is 14.1 Å². The van der Waals surface area contributed by atoms with Crippen molar-refractivity contribution in [2.24, 2.45) is 0 Å². The van der Waals surface area contributed by atoms with Gasteiger partial charge in [0.2, 0.25) is 15.9 Å². The summed E-state index contributed by atoms with van der Waals surface area (Å²) < 4.78 is 59.3. The van der Waals surface area contributed by atoms with E-state index in [-0.39, 0.29) is 34.0 Å². The lowest BCUT2D eigenvalue weighted by Gasteiger charge is -2.15. The van der Waals surface area contributed by atoms with Crippen LogP contribution in [0.4, 0.5) is 8.78 Å². The fraction of sp³-hybridized carbons (Fsp3) is 0.238. The Morgan fingerprint density at radius 2 is 1.78 bits per heavy atom. The molecule has 0 aliphatic heterocycles. The van der Waals surface area contributed by atoms with E-state index < -0.39 is 27.2 Å². The molecule has 11 heteroatoms. The van der Waals surface area contributed by atoms with Crippen molar-refractivity contribution in [1.29, 1.82) is 0 Å². The molecule has 3 aromatic rings. The molecule has 0 bridgehead atoms. The van der Waals surface area contributed by atoms with Gasteiger partial charge in [-0.2, -0.15) is 4.98 Å². The molecule has 0 amide bonds. The summed E-state index contributed by atoms with van der Waals surface area (Å²) in [5.41, 5.74) is 0.399. The standard InChI is InChI=1S/C21H20BrF2N3O4S/c1-13-25-20(31-12-15-6-7-16(23)10-18(15)24)19(22)21(28)27(13)11-14-4-8-17(9-5-14)32(29,30)26(2)3/h4-10H,11-12H2,1-3H3. The number of sulfonamides is 1. The number of halogens is 3. The maximum Gasteiger partial charge on any atom is 0.272 e. The largest absolute Gasteiger partial charge is 0.472 e. The van der Waals surface area contributed by atoms with Gasteiger partial charge >= 0.3 is 0 Å². The first-order valence-corrected chi connectivity index (χ1v) is 11.6. The second-order valence-electron chi connectivity index (χ2n) is 7.13. The van der Waals surface area contributed by atoms with E-state index in [4.69, 9.17) is 4.74 Å². The van der Waals surface area contributed by atoms with Crippen molar-refractivity contribution in [3.05, 3.63) is 85.9 Å². The van der Waals surface area contributed by atoms with Crippen LogP contribution in [0, 0.1) is 18.6 Å². The van der Waals surface area contributed by atoms with E-state index in [0.717, 1.165) is 16.4 Å². The summed E-state index contributed by atoms with van der Waals surface area (Å²) >= 11 is 3.18. The predicted molar refractivity (Wildman–Crippen MR) is 118 cm³/mol. The molecule has 3 rings (SSSR count). The van der Waals surface area contributed by atoms with Crippen LogP contribution in [0.1, 0.15) is 17.0 Å². The molecule has 170 valence electrons. The van der Waals surface area contributed by atoms with Crippen molar-refractivity contribution in [1.82, 2.24) is 13.9 Å². The van der Waals surface area contributed by atoms with E-state index in [1.165, 1.54) is 36.9 Å². The number of hydrogen-bond donors (Lipinski definition) is 0. The monoisotopic (exact) mass is 527 g/mol. The molecule has 0 aliphatic rings. The molecular weight excluding hydrogens is 508 g/mol. The van der Waals surface area contributed by atoms with Gasteiger partial charge in [0, 0.05) is 25.7 Å². The Bertz CT molecular complexity index is 1310. The van der Waals surface area contributed by atoms with Gasteiger partial charge in [0.25, 0.3) is 5.56 Å². The van der Waals surface area contributed by atoms with Gasteiger partial charge in [-0.3, -0.25) is 9.36 Å². The Morgan fingerprint density at radius 1 is 1.12 bits per heavy atom. The maximum atomic E-state index is 13.8. The highest BCUT2D eigenvalue weighted by Crippen LogP contribution is 2.22. The quantitative estimate of drug-likeness (QED) is 0.469. The third-order valence-electron chi connectivity index (χ3n) is 4.70. The number of nitrogens with zero attached hydrogens (tertiary/aromatic N) is 3. The SMILES string of the molecule is Cc1nc(OCc2ccc(F)cc2F)c(Br)c(=O)n1Cc1ccc(S(=O)(=O)N(C)C)cc1. The van der Waals surface area contributed by atoms with Crippen molar-refractivity contribution in [2.45, 2.75) is 25.0 Å². The zero-order valence-electron chi connectivity index (χ0n) is 17.5. The predicted octanol–water partition coefficient (Wildman–Crippen LogP) is 3.47. The van der Waals surface area contributed by atoms with E-state index in [1.807, 2.05) is 0 Å². The van der Waals surface area contributed by atoms with Crippen LogP contribution < -0.4 is 10.3 Å². The normalized spacial score (nSPS) is 11.7. The first-order valence-electron chi connectivity index (χ1n) is 9.36. The molecule has 0 spiro atoms. The van der Waals surface area contributed by atoms with Crippen molar-refractivity contribution >= 4 is 26.0 Å². The fourth-order valence-corrected chi connectivity index (χ4v) is 4.16. The summed E-state index contributed by atoms with van der Waals surface area (Å²) in [4.78, 5) is 17.2. The Morgan fingerprint density at radius 3 is 2.38 bits per heavy atom. The minimum atomic E-state index is -3.55. The first kappa shape index (κ1) is 24.0. The van der Waals surface area contributed by atoms with Gasteiger partial charge in [-0.15, -0.1) is 0 Å². The molecular formula is C21H20BrF2N3O4S. The summed E-state index contributed by atoms with van der Waals surface area (Å²) in [6.45, 7) is 1.54. The Labute approximate surface area is 192 Å². The highest BCUT2D eigenvalue weighted by molar-refractivity contribution is 9.10. The molecule has 0 atom stereocenters. The van der Waals surface area contributed by atoms with Gasteiger partial charge in [-0.05, 0) is 52.7 Å². The average molecular weight is 528 g/mol. The zero-order valence-corrected chi connectivity index (χ0v) is 19.9. The molecule has 0 saturated carbocycles. The lowest BCUT2D eigenvalue weighted by Crippen LogP contribution is -2.26. The second kappa shape index (κ2) is 9.47. The van der Waals surface area contributed by atoms with Crippen LogP contribution in [0.15, 0.2) is 56.6 Å². The minimum absolute atomic E-state index is 0.0140. The molecule has 0 unspecified atom stereocenters. The fourth-order valence-electron chi connectivity index (χ4n) is 2.84. The summed E-state index contributed by atoms with van der Waals surface area (Å²) in [5, 5.41) is 0. The maximum absolute atomic E-state index is 13.8. The summed E-state index contributed by atoms with van der Waals surface area (Å²) in [7, 11) is -0.653. The van der Waals surface area contributed by atoms with Crippen LogP contribution in [-0.2, 0) is 23.2 Å². The van der Waals surface area contributed by atoms with E-state index >= 15 is 0 Å². The Hall–Kier alpha value is -2.63. The number of rotatable bonds is 7. The van der Waals surface area contributed by atoms with E-state index in [0.29, 0.717) is 11.4 Å². The van der Waals surface area contributed by atoms with Crippen molar-refractivity contribution in [3.63, 3.8) is 0 Å². The van der Waals surface area contributed by atoms with Gasteiger partial charge in [-0.25, -0.2) is 21.5 Å². The lowest BCUT2D eigenvalue weighted by molar-refractivity contribution is 0.282. The number of aromatic nitrogens is 2. The summed E-state index contributed by atoms with van der Waals surface area (Å²) in [5.74, 6) is -1.13. The molecule has 32 heavy (non-hydrogen) atoms. The van der Waals surface area contributed by atoms with Gasteiger partial charge in [-0.1, -0.05) is 12.1 Å². The van der Waals surface area contributed by atoms with Crippen LogP contribution in [0.2, 0.25) is 0 Å². The van der Waals surface area contributed by atoms with Crippen LogP contribution in [0.3, 0.4) is 0 Å². The Kier molecular flexibility index (Phi) is 7.11. The Balaban J connectivity index is 1.82.